The minimum atomic E-state index is -0.150. The number of fused-ring (bicyclic) bond motifs is 1. The number of amides is 1. The first-order valence-corrected chi connectivity index (χ1v) is 11.4. The van der Waals surface area contributed by atoms with Crippen LogP contribution < -0.4 is 4.74 Å². The van der Waals surface area contributed by atoms with Crippen molar-refractivity contribution < 1.29 is 18.7 Å². The molecule has 1 atom stereocenters. The molecular formula is C23H29N7O4. The van der Waals surface area contributed by atoms with Gasteiger partial charge in [0.15, 0.2) is 5.89 Å². The fourth-order valence-corrected chi connectivity index (χ4v) is 4.64. The van der Waals surface area contributed by atoms with Gasteiger partial charge in [0.25, 0.3) is 5.91 Å². The Labute approximate surface area is 198 Å². The molecule has 3 aliphatic heterocycles. The van der Waals surface area contributed by atoms with Crippen molar-refractivity contribution >= 4 is 11.8 Å². The van der Waals surface area contributed by atoms with E-state index < -0.39 is 0 Å². The van der Waals surface area contributed by atoms with Crippen molar-refractivity contribution in [3.05, 3.63) is 46.7 Å². The second kappa shape index (κ2) is 9.05. The van der Waals surface area contributed by atoms with Gasteiger partial charge < -0.3 is 18.8 Å². The topological polar surface area (TPSA) is 109 Å². The molecule has 1 unspecified atom stereocenters. The summed E-state index contributed by atoms with van der Waals surface area (Å²) >= 11 is 0. The van der Waals surface area contributed by atoms with Gasteiger partial charge in [0, 0.05) is 44.6 Å². The molecule has 180 valence electrons. The normalized spacial score (nSPS) is 20.6. The van der Waals surface area contributed by atoms with Gasteiger partial charge in [-0.3, -0.25) is 9.80 Å². The van der Waals surface area contributed by atoms with Gasteiger partial charge in [-0.15, -0.1) is 0 Å². The summed E-state index contributed by atoms with van der Waals surface area (Å²) in [4.78, 5) is 32.3. The van der Waals surface area contributed by atoms with Gasteiger partial charge in [-0.25, -0.2) is 25.0 Å². The van der Waals surface area contributed by atoms with Crippen molar-refractivity contribution in [3.8, 4) is 5.88 Å². The van der Waals surface area contributed by atoms with Crippen LogP contribution in [-0.4, -0.2) is 81.2 Å². The van der Waals surface area contributed by atoms with E-state index in [2.05, 4.69) is 36.2 Å². The Morgan fingerprint density at radius 1 is 1.21 bits per heavy atom. The lowest BCUT2D eigenvalue weighted by Gasteiger charge is -2.38. The Morgan fingerprint density at radius 2 is 2.06 bits per heavy atom. The molecule has 0 aliphatic carbocycles. The highest BCUT2D eigenvalue weighted by Crippen LogP contribution is 2.29. The summed E-state index contributed by atoms with van der Waals surface area (Å²) in [5, 5.41) is 4.31. The Balaban J connectivity index is 1.27. The predicted octanol–water partition coefficient (Wildman–Crippen LogP) is 1.87. The van der Waals surface area contributed by atoms with Crippen LogP contribution in [0.15, 0.2) is 27.5 Å². The third kappa shape index (κ3) is 4.23. The van der Waals surface area contributed by atoms with Crippen LogP contribution in [0.3, 0.4) is 0 Å². The number of aromatic nitrogens is 3. The van der Waals surface area contributed by atoms with Crippen molar-refractivity contribution in [1.82, 2.24) is 29.9 Å². The highest BCUT2D eigenvalue weighted by molar-refractivity contribution is 5.93. The van der Waals surface area contributed by atoms with E-state index in [9.17, 15) is 4.79 Å². The van der Waals surface area contributed by atoms with Gasteiger partial charge in [-0.2, -0.15) is 0 Å². The molecule has 34 heavy (non-hydrogen) atoms. The fraction of sp³-hybridized carbons (Fsp3) is 0.522. The maximum Gasteiger partial charge on any atom is 0.291 e. The number of carbonyl (C=O) groups excluding carboxylic acids is 1. The molecule has 5 rings (SSSR count). The molecule has 11 heteroatoms. The maximum absolute atomic E-state index is 12.9. The average Bonchev–Trinajstić information content (AvgIpc) is 3.44. The number of nitrogens with zero attached hydrogens (tertiary/aromatic N) is 7. The number of rotatable bonds is 4. The molecule has 1 fully saturated rings. The highest BCUT2D eigenvalue weighted by atomic mass is 16.5. The quantitative estimate of drug-likeness (QED) is 0.665. The summed E-state index contributed by atoms with van der Waals surface area (Å²) in [5.74, 6) is 1.89. The molecule has 0 spiro atoms. The Hall–Kier alpha value is -3.47. The molecule has 0 aromatic carbocycles. The van der Waals surface area contributed by atoms with E-state index in [1.54, 1.807) is 32.2 Å². The summed E-state index contributed by atoms with van der Waals surface area (Å²) in [5.41, 5.74) is 3.57. The molecule has 11 nitrogen and oxygen atoms in total. The number of hydrogen-bond acceptors (Lipinski definition) is 10. The monoisotopic (exact) mass is 467 g/mol. The Bertz CT molecular complexity index is 1160. The Morgan fingerprint density at radius 3 is 2.79 bits per heavy atom. The van der Waals surface area contributed by atoms with Crippen LogP contribution in [0.2, 0.25) is 0 Å². The molecule has 2 aromatic heterocycles. The summed E-state index contributed by atoms with van der Waals surface area (Å²) < 4.78 is 17.1. The number of ether oxygens (including phenoxy) is 2. The van der Waals surface area contributed by atoms with Crippen molar-refractivity contribution in [1.29, 1.82) is 0 Å². The number of likely N-dealkylation sites (tertiary alicyclic amines) is 1. The summed E-state index contributed by atoms with van der Waals surface area (Å²) in [6.45, 7) is 8.53. The fourth-order valence-electron chi connectivity index (χ4n) is 4.64. The van der Waals surface area contributed by atoms with Crippen LogP contribution >= 0.6 is 0 Å². The van der Waals surface area contributed by atoms with Crippen LogP contribution in [0.4, 0.5) is 0 Å². The first-order valence-electron chi connectivity index (χ1n) is 11.4. The van der Waals surface area contributed by atoms with E-state index in [0.717, 1.165) is 36.2 Å². The highest BCUT2D eigenvalue weighted by Gasteiger charge is 2.33. The summed E-state index contributed by atoms with van der Waals surface area (Å²) in [6.07, 6.45) is 4.98. The van der Waals surface area contributed by atoms with Crippen LogP contribution in [0, 0.1) is 13.8 Å². The van der Waals surface area contributed by atoms with Crippen LogP contribution in [-0.2, 0) is 17.7 Å². The van der Waals surface area contributed by atoms with Crippen molar-refractivity contribution in [2.45, 2.75) is 46.3 Å². The smallest absolute Gasteiger partial charge is 0.291 e. The van der Waals surface area contributed by atoms with Gasteiger partial charge >= 0.3 is 0 Å². The van der Waals surface area contributed by atoms with Gasteiger partial charge in [-0.05, 0) is 13.8 Å². The van der Waals surface area contributed by atoms with Crippen molar-refractivity contribution in [2.24, 2.45) is 4.99 Å². The van der Waals surface area contributed by atoms with E-state index in [-0.39, 0.29) is 12.0 Å². The number of hydrazine groups is 1. The summed E-state index contributed by atoms with van der Waals surface area (Å²) in [6, 6.07) is 0. The predicted molar refractivity (Wildman–Crippen MR) is 122 cm³/mol. The lowest BCUT2D eigenvalue weighted by molar-refractivity contribution is 0.00515. The second-order valence-electron chi connectivity index (χ2n) is 8.73. The SMILES string of the molecule is COC1=NCN(N2CCc3ncnc(OC4CCN(C(=O)c5oc(C)nc5C)C4)c3C2)C=C1C. The van der Waals surface area contributed by atoms with E-state index in [1.165, 1.54) is 0 Å². The molecule has 3 aliphatic rings. The zero-order chi connectivity index (χ0) is 23.8. The minimum absolute atomic E-state index is 0.145. The van der Waals surface area contributed by atoms with Crippen LogP contribution in [0.5, 0.6) is 5.88 Å². The minimum Gasteiger partial charge on any atom is -0.481 e. The maximum atomic E-state index is 12.9. The summed E-state index contributed by atoms with van der Waals surface area (Å²) in [7, 11) is 1.63. The third-order valence-corrected chi connectivity index (χ3v) is 6.35. The van der Waals surface area contributed by atoms with E-state index in [4.69, 9.17) is 13.9 Å². The first kappa shape index (κ1) is 22.3. The zero-order valence-electron chi connectivity index (χ0n) is 19.9. The molecule has 5 heterocycles. The van der Waals surface area contributed by atoms with E-state index in [1.807, 2.05) is 6.92 Å². The molecular weight excluding hydrogens is 438 g/mol. The second-order valence-corrected chi connectivity index (χ2v) is 8.73. The zero-order valence-corrected chi connectivity index (χ0v) is 19.9. The molecule has 0 saturated carbocycles. The van der Waals surface area contributed by atoms with Gasteiger partial charge in [0.1, 0.15) is 19.1 Å². The first-order chi connectivity index (χ1) is 16.4. The number of carbonyl (C=O) groups is 1. The number of hydrogen-bond donors (Lipinski definition) is 0. The third-order valence-electron chi connectivity index (χ3n) is 6.35. The molecule has 0 radical (unpaired) electrons. The van der Waals surface area contributed by atoms with Crippen molar-refractivity contribution in [2.75, 3.05) is 33.4 Å². The molecule has 2 aromatic rings. The number of oxazole rings is 1. The number of aryl methyl sites for hydroxylation is 2. The number of methoxy groups -OCH3 is 1. The number of aliphatic imine (C=N–C) groups is 1. The van der Waals surface area contributed by atoms with Crippen LogP contribution in [0.25, 0.3) is 0 Å². The van der Waals surface area contributed by atoms with Gasteiger partial charge in [0.2, 0.25) is 17.5 Å². The Kier molecular flexibility index (Phi) is 5.94. The molecule has 1 saturated heterocycles. The van der Waals surface area contributed by atoms with Gasteiger partial charge in [-0.1, -0.05) is 0 Å². The van der Waals surface area contributed by atoms with Gasteiger partial charge in [0.05, 0.1) is 37.2 Å². The largest absolute Gasteiger partial charge is 0.481 e. The van der Waals surface area contributed by atoms with E-state index >= 15 is 0 Å². The molecule has 0 bridgehead atoms. The molecule has 1 amide bonds. The lowest BCUT2D eigenvalue weighted by atomic mass is 10.1. The average molecular weight is 468 g/mol. The lowest BCUT2D eigenvalue weighted by Crippen LogP contribution is -2.44. The van der Waals surface area contributed by atoms with E-state index in [0.29, 0.717) is 55.4 Å². The molecule has 0 N–H and O–H groups in total. The van der Waals surface area contributed by atoms with Crippen molar-refractivity contribution in [3.63, 3.8) is 0 Å². The standard InChI is InChI=1S/C23H29N7O4/c1-14-9-30(13-26-21(14)32-4)29-8-6-19-18(11-29)22(25-12-24-19)34-17-5-7-28(10-17)23(31)20-15(2)27-16(3)33-20/h9,12,17H,5-8,10-11,13H2,1-4H3. The van der Waals surface area contributed by atoms with Crippen LogP contribution in [0.1, 0.15) is 46.7 Å².